The molecule has 0 aromatic carbocycles. The Hall–Kier alpha value is -1.49. The second kappa shape index (κ2) is 6.30. The minimum Gasteiger partial charge on any atom is -0.391 e. The molecule has 2 atom stereocenters. The quantitative estimate of drug-likeness (QED) is 0.764. The Morgan fingerprint density at radius 2 is 2.29 bits per heavy atom. The van der Waals surface area contributed by atoms with Crippen molar-refractivity contribution in [2.75, 3.05) is 6.54 Å². The molecule has 0 spiro atoms. The van der Waals surface area contributed by atoms with E-state index < -0.39 is 12.1 Å². The molecule has 2 N–H and O–H groups in total. The van der Waals surface area contributed by atoms with Crippen molar-refractivity contribution in [2.24, 2.45) is 5.92 Å². The van der Waals surface area contributed by atoms with Gasteiger partial charge in [0.15, 0.2) is 0 Å². The number of carbonyl (C=O) groups is 1. The Morgan fingerprint density at radius 1 is 1.59 bits per heavy atom. The molecule has 0 aliphatic carbocycles. The molecule has 1 amide bonds. The number of aromatic nitrogens is 1. The predicted octanol–water partition coefficient (Wildman–Crippen LogP) is 1.36. The van der Waals surface area contributed by atoms with Crippen molar-refractivity contribution in [3.05, 3.63) is 29.8 Å². The summed E-state index contributed by atoms with van der Waals surface area (Å²) in [6.45, 7) is 4.07. The SMILES string of the molecule is CCC(C)C(O)CNC(=O)c1ccc(F)nc1. The molecular formula is C12H17FN2O2. The van der Waals surface area contributed by atoms with Crippen LogP contribution in [0.3, 0.4) is 0 Å². The summed E-state index contributed by atoms with van der Waals surface area (Å²) in [5.41, 5.74) is 0.280. The lowest BCUT2D eigenvalue weighted by Gasteiger charge is -2.17. The zero-order chi connectivity index (χ0) is 12.8. The zero-order valence-corrected chi connectivity index (χ0v) is 9.98. The van der Waals surface area contributed by atoms with Crippen LogP contribution in [0.5, 0.6) is 0 Å². The molecule has 1 aromatic rings. The summed E-state index contributed by atoms with van der Waals surface area (Å²) < 4.78 is 12.5. The molecule has 17 heavy (non-hydrogen) atoms. The van der Waals surface area contributed by atoms with Crippen LogP contribution in [0, 0.1) is 11.9 Å². The van der Waals surface area contributed by atoms with Crippen LogP contribution in [0.15, 0.2) is 18.3 Å². The fourth-order valence-corrected chi connectivity index (χ4v) is 1.28. The average Bonchev–Trinajstić information content (AvgIpc) is 2.35. The van der Waals surface area contributed by atoms with Crippen LogP contribution in [-0.4, -0.2) is 28.6 Å². The molecule has 1 heterocycles. The first-order valence-electron chi connectivity index (χ1n) is 5.62. The number of halogens is 1. The predicted molar refractivity (Wildman–Crippen MR) is 62.0 cm³/mol. The number of hydrogen-bond acceptors (Lipinski definition) is 3. The monoisotopic (exact) mass is 240 g/mol. The summed E-state index contributed by atoms with van der Waals surface area (Å²) in [5.74, 6) is -0.859. The van der Waals surface area contributed by atoms with Crippen LogP contribution < -0.4 is 5.32 Å². The molecule has 0 aliphatic heterocycles. The number of nitrogens with zero attached hydrogens (tertiary/aromatic N) is 1. The van der Waals surface area contributed by atoms with Crippen LogP contribution in [0.4, 0.5) is 4.39 Å². The third-order valence-electron chi connectivity index (χ3n) is 2.76. The van der Waals surface area contributed by atoms with E-state index in [-0.39, 0.29) is 23.9 Å². The Kier molecular flexibility index (Phi) is 5.03. The van der Waals surface area contributed by atoms with Crippen LogP contribution in [0.25, 0.3) is 0 Å². The molecule has 1 aromatic heterocycles. The van der Waals surface area contributed by atoms with E-state index >= 15 is 0 Å². The van der Waals surface area contributed by atoms with Gasteiger partial charge < -0.3 is 10.4 Å². The van der Waals surface area contributed by atoms with Gasteiger partial charge >= 0.3 is 0 Å². The summed E-state index contributed by atoms with van der Waals surface area (Å²) in [7, 11) is 0. The van der Waals surface area contributed by atoms with E-state index in [9.17, 15) is 14.3 Å². The number of hydrogen-bond donors (Lipinski definition) is 2. The van der Waals surface area contributed by atoms with Crippen LogP contribution in [-0.2, 0) is 0 Å². The summed E-state index contributed by atoms with van der Waals surface area (Å²) in [6, 6.07) is 2.48. The fraction of sp³-hybridized carbons (Fsp3) is 0.500. The molecule has 0 radical (unpaired) electrons. The molecule has 0 saturated carbocycles. The van der Waals surface area contributed by atoms with Crippen molar-refractivity contribution >= 4 is 5.91 Å². The van der Waals surface area contributed by atoms with Gasteiger partial charge in [0.25, 0.3) is 5.91 Å². The van der Waals surface area contributed by atoms with E-state index in [1.807, 2.05) is 13.8 Å². The van der Waals surface area contributed by atoms with Gasteiger partial charge in [0.05, 0.1) is 11.7 Å². The van der Waals surface area contributed by atoms with Gasteiger partial charge in [-0.25, -0.2) is 4.98 Å². The molecule has 0 fully saturated rings. The number of aliphatic hydroxyl groups is 1. The van der Waals surface area contributed by atoms with Crippen molar-refractivity contribution in [2.45, 2.75) is 26.4 Å². The summed E-state index contributed by atoms with van der Waals surface area (Å²) >= 11 is 0. The first kappa shape index (κ1) is 13.6. The van der Waals surface area contributed by atoms with Crippen LogP contribution in [0.1, 0.15) is 30.6 Å². The highest BCUT2D eigenvalue weighted by Crippen LogP contribution is 2.06. The topological polar surface area (TPSA) is 62.2 Å². The maximum atomic E-state index is 12.5. The number of pyridine rings is 1. The zero-order valence-electron chi connectivity index (χ0n) is 9.98. The molecule has 4 nitrogen and oxygen atoms in total. The minimum atomic E-state index is -0.624. The highest BCUT2D eigenvalue weighted by molar-refractivity contribution is 5.93. The Bertz CT molecular complexity index is 367. The van der Waals surface area contributed by atoms with E-state index in [0.717, 1.165) is 12.5 Å². The summed E-state index contributed by atoms with van der Waals surface area (Å²) in [5, 5.41) is 12.2. The molecule has 2 unspecified atom stereocenters. The molecule has 0 bridgehead atoms. The lowest BCUT2D eigenvalue weighted by atomic mass is 10.0. The van der Waals surface area contributed by atoms with Gasteiger partial charge in [-0.15, -0.1) is 0 Å². The van der Waals surface area contributed by atoms with Gasteiger partial charge in [0.1, 0.15) is 0 Å². The van der Waals surface area contributed by atoms with Crippen molar-refractivity contribution < 1.29 is 14.3 Å². The molecule has 0 aliphatic rings. The fourth-order valence-electron chi connectivity index (χ4n) is 1.28. The number of amides is 1. The number of nitrogens with one attached hydrogen (secondary N) is 1. The van der Waals surface area contributed by atoms with Gasteiger partial charge in [-0.3, -0.25) is 4.79 Å². The average molecular weight is 240 g/mol. The van der Waals surface area contributed by atoms with Gasteiger partial charge in [-0.1, -0.05) is 20.3 Å². The van der Waals surface area contributed by atoms with E-state index in [0.29, 0.717) is 0 Å². The van der Waals surface area contributed by atoms with Gasteiger partial charge in [-0.2, -0.15) is 4.39 Å². The normalized spacial score (nSPS) is 14.1. The van der Waals surface area contributed by atoms with E-state index in [4.69, 9.17) is 0 Å². The van der Waals surface area contributed by atoms with Crippen LogP contribution >= 0.6 is 0 Å². The standard InChI is InChI=1S/C12H17FN2O2/c1-3-8(2)10(16)7-15-12(17)9-4-5-11(13)14-6-9/h4-6,8,10,16H,3,7H2,1-2H3,(H,15,17). The summed E-state index contributed by atoms with van der Waals surface area (Å²) in [4.78, 5) is 15.0. The van der Waals surface area contributed by atoms with Crippen LogP contribution in [0.2, 0.25) is 0 Å². The first-order chi connectivity index (χ1) is 8.04. The summed E-state index contributed by atoms with van der Waals surface area (Å²) in [6.07, 6.45) is 1.44. The maximum Gasteiger partial charge on any atom is 0.252 e. The van der Waals surface area contributed by atoms with E-state index in [2.05, 4.69) is 10.3 Å². The van der Waals surface area contributed by atoms with Gasteiger partial charge in [0, 0.05) is 12.7 Å². The maximum absolute atomic E-state index is 12.5. The highest BCUT2D eigenvalue weighted by Gasteiger charge is 2.14. The smallest absolute Gasteiger partial charge is 0.252 e. The van der Waals surface area contributed by atoms with E-state index in [1.54, 1.807) is 0 Å². The largest absolute Gasteiger partial charge is 0.391 e. The van der Waals surface area contributed by atoms with Gasteiger partial charge in [0.2, 0.25) is 5.95 Å². The Balaban J connectivity index is 2.47. The molecule has 94 valence electrons. The lowest BCUT2D eigenvalue weighted by molar-refractivity contribution is 0.0850. The minimum absolute atomic E-state index is 0.127. The highest BCUT2D eigenvalue weighted by atomic mass is 19.1. The van der Waals surface area contributed by atoms with Crippen molar-refractivity contribution in [1.29, 1.82) is 0 Å². The van der Waals surface area contributed by atoms with Gasteiger partial charge in [-0.05, 0) is 18.1 Å². The lowest BCUT2D eigenvalue weighted by Crippen LogP contribution is -2.35. The molecular weight excluding hydrogens is 223 g/mol. The van der Waals surface area contributed by atoms with E-state index in [1.165, 1.54) is 12.3 Å². The second-order valence-corrected chi connectivity index (χ2v) is 4.03. The molecule has 0 saturated heterocycles. The Labute approximate surface area is 99.9 Å². The van der Waals surface area contributed by atoms with Crippen molar-refractivity contribution in [3.8, 4) is 0 Å². The third kappa shape index (κ3) is 4.11. The molecule has 1 rings (SSSR count). The second-order valence-electron chi connectivity index (χ2n) is 4.03. The van der Waals surface area contributed by atoms with Crippen molar-refractivity contribution in [1.82, 2.24) is 10.3 Å². The number of aliphatic hydroxyl groups excluding tert-OH is 1. The first-order valence-corrected chi connectivity index (χ1v) is 5.62. The Morgan fingerprint density at radius 3 is 2.82 bits per heavy atom. The number of carbonyl (C=O) groups excluding carboxylic acids is 1. The number of rotatable bonds is 5. The molecule has 5 heteroatoms. The van der Waals surface area contributed by atoms with Crippen molar-refractivity contribution in [3.63, 3.8) is 0 Å². The third-order valence-corrected chi connectivity index (χ3v) is 2.76.